The maximum atomic E-state index is 12.8. The molecule has 6 heteroatoms. The van der Waals surface area contributed by atoms with Crippen LogP contribution in [0.15, 0.2) is 18.2 Å². The summed E-state index contributed by atoms with van der Waals surface area (Å²) in [5.74, 6) is 0.429. The molecule has 1 heterocycles. The van der Waals surface area contributed by atoms with E-state index in [1.807, 2.05) is 0 Å². The molecule has 0 aliphatic carbocycles. The molecule has 0 radical (unpaired) electrons. The van der Waals surface area contributed by atoms with Crippen LogP contribution in [0.1, 0.15) is 28.8 Å². The van der Waals surface area contributed by atoms with Crippen molar-refractivity contribution in [3.63, 3.8) is 0 Å². The molecule has 110 valence electrons. The fourth-order valence-corrected chi connectivity index (χ4v) is 2.10. The lowest BCUT2D eigenvalue weighted by Crippen LogP contribution is -2.21. The van der Waals surface area contributed by atoms with Gasteiger partial charge in [-0.2, -0.15) is 13.2 Å². The van der Waals surface area contributed by atoms with E-state index in [9.17, 15) is 18.0 Å². The summed E-state index contributed by atoms with van der Waals surface area (Å²) in [6.45, 7) is 1.68. The van der Waals surface area contributed by atoms with Gasteiger partial charge in [-0.05, 0) is 37.0 Å². The molecule has 0 amide bonds. The third-order valence-electron chi connectivity index (χ3n) is 3.28. The van der Waals surface area contributed by atoms with Crippen molar-refractivity contribution in [3.8, 4) is 5.75 Å². The maximum Gasteiger partial charge on any atom is 0.417 e. The van der Waals surface area contributed by atoms with Crippen LogP contribution in [0.5, 0.6) is 5.75 Å². The molecule has 0 aromatic heterocycles. The lowest BCUT2D eigenvalue weighted by atomic mass is 10.0. The van der Waals surface area contributed by atoms with Gasteiger partial charge in [-0.3, -0.25) is 4.79 Å². The normalized spacial score (nSPS) is 16.9. The highest BCUT2D eigenvalue weighted by Gasteiger charge is 2.33. The Balaban J connectivity index is 2.06. The minimum absolute atomic E-state index is 0.134. The van der Waals surface area contributed by atoms with E-state index < -0.39 is 11.7 Å². The van der Waals surface area contributed by atoms with Crippen LogP contribution < -0.4 is 4.74 Å². The number of hydrogen-bond acceptors (Lipinski definition) is 3. The molecular weight excluding hydrogens is 273 g/mol. The summed E-state index contributed by atoms with van der Waals surface area (Å²) in [5, 5.41) is 0. The van der Waals surface area contributed by atoms with Crippen molar-refractivity contribution in [1.82, 2.24) is 0 Å². The average Bonchev–Trinajstić information content (AvgIpc) is 2.45. The van der Waals surface area contributed by atoms with E-state index in [1.54, 1.807) is 0 Å². The van der Waals surface area contributed by atoms with Crippen LogP contribution in [0.2, 0.25) is 0 Å². The average molecular weight is 288 g/mol. The van der Waals surface area contributed by atoms with Gasteiger partial charge in [0.25, 0.3) is 0 Å². The van der Waals surface area contributed by atoms with Crippen LogP contribution in [0, 0.1) is 5.92 Å². The van der Waals surface area contributed by atoms with Crippen LogP contribution in [0.3, 0.4) is 0 Å². The van der Waals surface area contributed by atoms with E-state index in [-0.39, 0.29) is 17.6 Å². The fraction of sp³-hybridized carbons (Fsp3) is 0.500. The van der Waals surface area contributed by atoms with Crippen molar-refractivity contribution in [2.45, 2.75) is 19.0 Å². The SMILES string of the molecule is O=Cc1ccc(OCC2CCOCC2)cc1C(F)(F)F. The van der Waals surface area contributed by atoms with E-state index in [0.29, 0.717) is 25.7 Å². The van der Waals surface area contributed by atoms with Gasteiger partial charge in [0.15, 0.2) is 6.29 Å². The third-order valence-corrected chi connectivity index (χ3v) is 3.28. The summed E-state index contributed by atoms with van der Waals surface area (Å²) in [5.41, 5.74) is -1.34. The Labute approximate surface area is 114 Å². The molecule has 0 spiro atoms. The second kappa shape index (κ2) is 6.26. The predicted octanol–water partition coefficient (Wildman–Crippen LogP) is 3.32. The van der Waals surface area contributed by atoms with Gasteiger partial charge in [-0.25, -0.2) is 0 Å². The van der Waals surface area contributed by atoms with Crippen molar-refractivity contribution in [1.29, 1.82) is 0 Å². The molecule has 0 saturated carbocycles. The van der Waals surface area contributed by atoms with Crippen molar-refractivity contribution < 1.29 is 27.4 Å². The number of carbonyl (C=O) groups is 1. The summed E-state index contributed by atoms with van der Waals surface area (Å²) >= 11 is 0. The highest BCUT2D eigenvalue weighted by Crippen LogP contribution is 2.34. The largest absolute Gasteiger partial charge is 0.493 e. The Morgan fingerprint density at radius 2 is 2.00 bits per heavy atom. The van der Waals surface area contributed by atoms with Gasteiger partial charge in [0.05, 0.1) is 12.2 Å². The molecule has 0 atom stereocenters. The first-order valence-electron chi connectivity index (χ1n) is 6.37. The van der Waals surface area contributed by atoms with Gasteiger partial charge in [0, 0.05) is 18.8 Å². The number of ether oxygens (including phenoxy) is 2. The molecule has 0 bridgehead atoms. The number of aldehydes is 1. The smallest absolute Gasteiger partial charge is 0.417 e. The standard InChI is InChI=1S/C14H15F3O3/c15-14(16,17)13-7-12(2-1-11(13)8-18)20-9-10-3-5-19-6-4-10/h1-2,7-8,10H,3-6,9H2. The summed E-state index contributed by atoms with van der Waals surface area (Å²) in [4.78, 5) is 10.6. The molecule has 0 N–H and O–H groups in total. The topological polar surface area (TPSA) is 35.5 Å². The molecule has 3 nitrogen and oxygen atoms in total. The Kier molecular flexibility index (Phi) is 4.65. The van der Waals surface area contributed by atoms with E-state index in [0.717, 1.165) is 25.0 Å². The Bertz CT molecular complexity index is 465. The number of carbonyl (C=O) groups excluding carboxylic acids is 1. The van der Waals surface area contributed by atoms with Crippen molar-refractivity contribution in [2.75, 3.05) is 19.8 Å². The molecule has 1 aromatic carbocycles. The summed E-state index contributed by atoms with van der Waals surface area (Å²) < 4.78 is 48.9. The second-order valence-electron chi connectivity index (χ2n) is 4.73. The zero-order valence-corrected chi connectivity index (χ0v) is 10.8. The number of rotatable bonds is 4. The van der Waals surface area contributed by atoms with Crippen LogP contribution in [-0.4, -0.2) is 26.1 Å². The van der Waals surface area contributed by atoms with E-state index in [4.69, 9.17) is 9.47 Å². The predicted molar refractivity (Wildman–Crippen MR) is 65.9 cm³/mol. The number of hydrogen-bond donors (Lipinski definition) is 0. The number of benzene rings is 1. The molecule has 1 saturated heterocycles. The minimum Gasteiger partial charge on any atom is -0.493 e. The molecule has 20 heavy (non-hydrogen) atoms. The second-order valence-corrected chi connectivity index (χ2v) is 4.73. The summed E-state index contributed by atoms with van der Waals surface area (Å²) in [7, 11) is 0. The maximum absolute atomic E-state index is 12.8. The van der Waals surface area contributed by atoms with Gasteiger partial charge in [0.1, 0.15) is 5.75 Å². The first-order valence-corrected chi connectivity index (χ1v) is 6.37. The van der Waals surface area contributed by atoms with Crippen LogP contribution in [-0.2, 0) is 10.9 Å². The van der Waals surface area contributed by atoms with Gasteiger partial charge in [0.2, 0.25) is 0 Å². The van der Waals surface area contributed by atoms with Crippen LogP contribution in [0.4, 0.5) is 13.2 Å². The zero-order valence-electron chi connectivity index (χ0n) is 10.8. The highest BCUT2D eigenvalue weighted by molar-refractivity contribution is 5.78. The van der Waals surface area contributed by atoms with Crippen molar-refractivity contribution in [2.24, 2.45) is 5.92 Å². The molecule has 1 fully saturated rings. The summed E-state index contributed by atoms with van der Waals surface area (Å²) in [6.07, 6.45) is -2.67. The number of alkyl halides is 3. The highest BCUT2D eigenvalue weighted by atomic mass is 19.4. The van der Waals surface area contributed by atoms with Gasteiger partial charge < -0.3 is 9.47 Å². The zero-order chi connectivity index (χ0) is 14.6. The molecule has 1 aromatic rings. The van der Waals surface area contributed by atoms with Crippen molar-refractivity contribution >= 4 is 6.29 Å². The minimum atomic E-state index is -4.56. The lowest BCUT2D eigenvalue weighted by molar-refractivity contribution is -0.137. The monoisotopic (exact) mass is 288 g/mol. The molecular formula is C14H15F3O3. The Hall–Kier alpha value is -1.56. The van der Waals surface area contributed by atoms with Crippen molar-refractivity contribution in [3.05, 3.63) is 29.3 Å². The summed E-state index contributed by atoms with van der Waals surface area (Å²) in [6, 6.07) is 3.40. The molecule has 1 aliphatic heterocycles. The lowest BCUT2D eigenvalue weighted by Gasteiger charge is -2.22. The van der Waals surface area contributed by atoms with Gasteiger partial charge in [-0.1, -0.05) is 0 Å². The fourth-order valence-electron chi connectivity index (χ4n) is 2.10. The van der Waals surface area contributed by atoms with E-state index in [2.05, 4.69) is 0 Å². The Morgan fingerprint density at radius 1 is 1.30 bits per heavy atom. The van der Waals surface area contributed by atoms with Crippen LogP contribution >= 0.6 is 0 Å². The van der Waals surface area contributed by atoms with E-state index >= 15 is 0 Å². The van der Waals surface area contributed by atoms with Crippen LogP contribution in [0.25, 0.3) is 0 Å². The Morgan fingerprint density at radius 3 is 2.60 bits per heavy atom. The van der Waals surface area contributed by atoms with E-state index in [1.165, 1.54) is 6.07 Å². The molecule has 1 aliphatic rings. The first kappa shape index (κ1) is 14.8. The molecule has 2 rings (SSSR count). The van der Waals surface area contributed by atoms with Gasteiger partial charge >= 0.3 is 6.18 Å². The first-order chi connectivity index (χ1) is 9.50. The third kappa shape index (κ3) is 3.72. The quantitative estimate of drug-likeness (QED) is 0.797. The number of halogens is 3. The molecule has 0 unspecified atom stereocenters. The van der Waals surface area contributed by atoms with Gasteiger partial charge in [-0.15, -0.1) is 0 Å².